The molecule has 3 heterocycles. The van der Waals surface area contributed by atoms with Gasteiger partial charge in [-0.1, -0.05) is 24.3 Å². The van der Waals surface area contributed by atoms with Gasteiger partial charge in [0.15, 0.2) is 0 Å². The molecule has 0 unspecified atom stereocenters. The van der Waals surface area contributed by atoms with Crippen molar-refractivity contribution in [1.29, 1.82) is 0 Å². The molecule has 0 radical (unpaired) electrons. The fourth-order valence-corrected chi connectivity index (χ4v) is 5.33. The molecule has 1 aliphatic heterocycles. The summed E-state index contributed by atoms with van der Waals surface area (Å²) in [5, 5.41) is 11.0. The molecule has 0 amide bonds. The summed E-state index contributed by atoms with van der Waals surface area (Å²) in [6, 6.07) is 13.3. The Hall–Kier alpha value is -2.61. The first kappa shape index (κ1) is 17.8. The first-order chi connectivity index (χ1) is 13.1. The summed E-state index contributed by atoms with van der Waals surface area (Å²) in [4.78, 5) is 8.26. The maximum atomic E-state index is 13.3. The highest BCUT2D eigenvalue weighted by molar-refractivity contribution is 7.89. The Labute approximate surface area is 158 Å². The number of rotatable bonds is 4. The Balaban J connectivity index is 1.80. The van der Waals surface area contributed by atoms with Crippen LogP contribution in [0.5, 0.6) is 0 Å². The van der Waals surface area contributed by atoms with Crippen LogP contribution in [0.15, 0.2) is 78.2 Å². The van der Waals surface area contributed by atoms with E-state index >= 15 is 0 Å². The molecule has 1 aliphatic rings. The molecule has 7 heteroatoms. The fourth-order valence-electron chi connectivity index (χ4n) is 3.47. The third-order valence-corrected chi connectivity index (χ3v) is 6.76. The molecular weight excluding hydrogens is 362 g/mol. The van der Waals surface area contributed by atoms with Gasteiger partial charge in [-0.2, -0.15) is 4.31 Å². The lowest BCUT2D eigenvalue weighted by molar-refractivity contribution is 0.0769. The van der Waals surface area contributed by atoms with Crippen LogP contribution < -0.4 is 0 Å². The van der Waals surface area contributed by atoms with Gasteiger partial charge in [-0.15, -0.1) is 0 Å². The zero-order valence-corrected chi connectivity index (χ0v) is 15.3. The van der Waals surface area contributed by atoms with Crippen LogP contribution in [0.25, 0.3) is 0 Å². The number of benzene rings is 1. The average Bonchev–Trinajstić information content (AvgIpc) is 2.71. The number of sulfonamides is 1. The summed E-state index contributed by atoms with van der Waals surface area (Å²) in [7, 11) is -3.75. The molecule has 6 nitrogen and oxygen atoms in total. The largest absolute Gasteiger partial charge is 0.387 e. The molecule has 2 atom stereocenters. The predicted molar refractivity (Wildman–Crippen MR) is 100 cm³/mol. The lowest BCUT2D eigenvalue weighted by Gasteiger charge is -2.39. The molecule has 0 saturated carbocycles. The van der Waals surface area contributed by atoms with Crippen molar-refractivity contribution in [3.8, 4) is 0 Å². The quantitative estimate of drug-likeness (QED) is 0.750. The van der Waals surface area contributed by atoms with Crippen LogP contribution in [0.4, 0.5) is 0 Å². The van der Waals surface area contributed by atoms with E-state index in [1.54, 1.807) is 67.3 Å². The first-order valence-corrected chi connectivity index (χ1v) is 10.1. The zero-order chi connectivity index (χ0) is 18.9. The number of aromatic nitrogens is 2. The van der Waals surface area contributed by atoms with Gasteiger partial charge in [0.2, 0.25) is 10.0 Å². The fraction of sp³-hybridized carbons (Fsp3) is 0.200. The number of aliphatic hydroxyl groups is 1. The van der Waals surface area contributed by atoms with E-state index in [0.717, 1.165) is 11.1 Å². The van der Waals surface area contributed by atoms with Gasteiger partial charge in [-0.25, -0.2) is 8.42 Å². The lowest BCUT2D eigenvalue weighted by atomic mass is 9.96. The summed E-state index contributed by atoms with van der Waals surface area (Å²) in [6.07, 6.45) is 6.07. The topological polar surface area (TPSA) is 83.4 Å². The van der Waals surface area contributed by atoms with E-state index in [4.69, 9.17) is 0 Å². The molecule has 138 valence electrons. The van der Waals surface area contributed by atoms with Crippen LogP contribution in [-0.2, 0) is 23.0 Å². The molecular formula is C20H19N3O3S. The molecule has 3 aromatic rings. The van der Waals surface area contributed by atoms with Gasteiger partial charge in [-0.3, -0.25) is 9.97 Å². The molecule has 0 aliphatic carbocycles. The Morgan fingerprint density at radius 2 is 1.70 bits per heavy atom. The van der Waals surface area contributed by atoms with E-state index in [9.17, 15) is 13.5 Å². The van der Waals surface area contributed by atoms with E-state index in [2.05, 4.69) is 9.97 Å². The maximum Gasteiger partial charge on any atom is 0.244 e. The van der Waals surface area contributed by atoms with Gasteiger partial charge in [-0.05, 0) is 41.8 Å². The molecule has 0 spiro atoms. The minimum absolute atomic E-state index is 0.161. The van der Waals surface area contributed by atoms with Crippen LogP contribution in [0, 0.1) is 0 Å². The highest BCUT2D eigenvalue weighted by atomic mass is 32.2. The van der Waals surface area contributed by atoms with E-state index in [1.807, 2.05) is 6.07 Å². The van der Waals surface area contributed by atoms with Crippen molar-refractivity contribution in [1.82, 2.24) is 14.3 Å². The number of pyridine rings is 2. The van der Waals surface area contributed by atoms with Crippen LogP contribution >= 0.6 is 0 Å². The molecule has 2 aromatic heterocycles. The predicted octanol–water partition coefficient (Wildman–Crippen LogP) is 2.33. The second-order valence-electron chi connectivity index (χ2n) is 6.52. The van der Waals surface area contributed by atoms with Crippen LogP contribution in [-0.4, -0.2) is 33.8 Å². The number of fused-ring (bicyclic) bond motifs is 1. The molecule has 0 saturated heterocycles. The van der Waals surface area contributed by atoms with Crippen LogP contribution in [0.1, 0.15) is 22.8 Å². The number of hydrogen-bond acceptors (Lipinski definition) is 5. The Morgan fingerprint density at radius 3 is 2.44 bits per heavy atom. The average molecular weight is 381 g/mol. The van der Waals surface area contributed by atoms with Crippen molar-refractivity contribution in [2.75, 3.05) is 0 Å². The highest BCUT2D eigenvalue weighted by Gasteiger charge is 2.43. The third-order valence-electron chi connectivity index (χ3n) is 4.81. The standard InChI is InChI=1S/C20H19N3O3S/c24-20-17-5-1-2-6-19(17)27(25,26)23(14-15-7-10-21-11-8-15)18(20)12-16-4-3-9-22-13-16/h1-11,13,18,20,24H,12,14H2/t18-,20-/m0/s1. The van der Waals surface area contributed by atoms with Gasteiger partial charge >= 0.3 is 0 Å². The van der Waals surface area contributed by atoms with E-state index in [-0.39, 0.29) is 11.4 Å². The normalized spacial score (nSPS) is 21.5. The summed E-state index contributed by atoms with van der Waals surface area (Å²) in [5.41, 5.74) is 2.13. The van der Waals surface area contributed by atoms with Crippen molar-refractivity contribution in [2.45, 2.75) is 30.0 Å². The smallest absolute Gasteiger partial charge is 0.244 e. The number of hydrogen-bond donors (Lipinski definition) is 1. The second kappa shape index (κ2) is 7.19. The number of aliphatic hydroxyl groups excluding tert-OH is 1. The molecule has 1 N–H and O–H groups in total. The van der Waals surface area contributed by atoms with Crippen molar-refractivity contribution >= 4 is 10.0 Å². The Kier molecular flexibility index (Phi) is 4.73. The van der Waals surface area contributed by atoms with Gasteiger partial charge in [0, 0.05) is 36.9 Å². The maximum absolute atomic E-state index is 13.3. The molecule has 0 fully saturated rings. The number of nitrogens with zero attached hydrogens (tertiary/aromatic N) is 3. The van der Waals surface area contributed by atoms with Crippen LogP contribution in [0.2, 0.25) is 0 Å². The van der Waals surface area contributed by atoms with Crippen molar-refractivity contribution in [3.63, 3.8) is 0 Å². The Morgan fingerprint density at radius 1 is 0.926 bits per heavy atom. The molecule has 27 heavy (non-hydrogen) atoms. The minimum Gasteiger partial charge on any atom is -0.387 e. The molecule has 1 aromatic carbocycles. The van der Waals surface area contributed by atoms with Crippen molar-refractivity contribution in [3.05, 3.63) is 90.0 Å². The van der Waals surface area contributed by atoms with Gasteiger partial charge in [0.25, 0.3) is 0 Å². The summed E-state index contributed by atoms with van der Waals surface area (Å²) in [5.74, 6) is 0. The second-order valence-corrected chi connectivity index (χ2v) is 8.38. The summed E-state index contributed by atoms with van der Waals surface area (Å²) in [6.45, 7) is 0.168. The lowest BCUT2D eigenvalue weighted by Crippen LogP contribution is -2.48. The van der Waals surface area contributed by atoms with E-state index < -0.39 is 22.2 Å². The van der Waals surface area contributed by atoms with E-state index in [0.29, 0.717) is 12.0 Å². The van der Waals surface area contributed by atoms with Gasteiger partial charge < -0.3 is 5.11 Å². The van der Waals surface area contributed by atoms with Crippen molar-refractivity contribution < 1.29 is 13.5 Å². The first-order valence-electron chi connectivity index (χ1n) is 8.64. The third kappa shape index (κ3) is 3.37. The van der Waals surface area contributed by atoms with Crippen molar-refractivity contribution in [2.24, 2.45) is 0 Å². The minimum atomic E-state index is -3.75. The molecule has 0 bridgehead atoms. The summed E-state index contributed by atoms with van der Waals surface area (Å²) >= 11 is 0. The molecule has 4 rings (SSSR count). The summed E-state index contributed by atoms with van der Waals surface area (Å²) < 4.78 is 28.1. The Bertz CT molecular complexity index is 1030. The van der Waals surface area contributed by atoms with Gasteiger partial charge in [0.1, 0.15) is 0 Å². The van der Waals surface area contributed by atoms with E-state index in [1.165, 1.54) is 4.31 Å². The highest BCUT2D eigenvalue weighted by Crippen LogP contribution is 2.38. The monoisotopic (exact) mass is 381 g/mol. The SMILES string of the molecule is O=S1(=O)c2ccccc2[C@H](O)[C@H](Cc2cccnc2)N1Cc1ccncc1. The zero-order valence-electron chi connectivity index (χ0n) is 14.5. The van der Waals surface area contributed by atoms with Gasteiger partial charge in [0.05, 0.1) is 17.0 Å². The van der Waals surface area contributed by atoms with Crippen LogP contribution in [0.3, 0.4) is 0 Å².